The van der Waals surface area contributed by atoms with Crippen LogP contribution in [-0.4, -0.2) is 29.3 Å². The van der Waals surface area contributed by atoms with Gasteiger partial charge in [-0.05, 0) is 24.1 Å². The Bertz CT molecular complexity index is 520. The molecule has 94 valence electrons. The second-order valence-electron chi connectivity index (χ2n) is 4.70. The third kappa shape index (κ3) is 1.82. The molecule has 5 heteroatoms. The van der Waals surface area contributed by atoms with Crippen molar-refractivity contribution in [1.29, 1.82) is 0 Å². The van der Waals surface area contributed by atoms with E-state index in [2.05, 4.69) is 21.2 Å². The number of carbonyl (C=O) groups is 2. The number of nitrogens with one attached hydrogen (secondary N) is 1. The zero-order valence-corrected chi connectivity index (χ0v) is 11.4. The van der Waals surface area contributed by atoms with Crippen LogP contribution in [-0.2, 0) is 11.3 Å². The number of rotatable bonds is 1. The van der Waals surface area contributed by atoms with Crippen LogP contribution in [0.25, 0.3) is 0 Å². The monoisotopic (exact) mass is 308 g/mol. The molecule has 2 amide bonds. The number of benzene rings is 1. The van der Waals surface area contributed by atoms with E-state index in [0.29, 0.717) is 19.5 Å². The average molecular weight is 309 g/mol. The molecule has 1 fully saturated rings. The van der Waals surface area contributed by atoms with Crippen molar-refractivity contribution in [3.8, 4) is 0 Å². The number of piperidine rings is 1. The van der Waals surface area contributed by atoms with E-state index in [-0.39, 0.29) is 17.9 Å². The van der Waals surface area contributed by atoms with Crippen molar-refractivity contribution < 1.29 is 9.59 Å². The summed E-state index contributed by atoms with van der Waals surface area (Å²) in [5, 5.41) is 2.83. The first-order chi connectivity index (χ1) is 8.66. The van der Waals surface area contributed by atoms with Gasteiger partial charge in [-0.3, -0.25) is 9.59 Å². The minimum absolute atomic E-state index is 0.0763. The van der Waals surface area contributed by atoms with Crippen LogP contribution in [0.1, 0.15) is 28.8 Å². The van der Waals surface area contributed by atoms with E-state index in [1.54, 1.807) is 0 Å². The molecule has 1 atom stereocenters. The van der Waals surface area contributed by atoms with Gasteiger partial charge in [0.15, 0.2) is 0 Å². The molecule has 3 rings (SSSR count). The summed E-state index contributed by atoms with van der Waals surface area (Å²) < 4.78 is 0.982. The Balaban J connectivity index is 1.84. The molecule has 18 heavy (non-hydrogen) atoms. The highest BCUT2D eigenvalue weighted by molar-refractivity contribution is 9.10. The minimum Gasteiger partial charge on any atom is -0.354 e. The highest BCUT2D eigenvalue weighted by Crippen LogP contribution is 2.31. The quantitative estimate of drug-likeness (QED) is 0.858. The van der Waals surface area contributed by atoms with Gasteiger partial charge in [0.2, 0.25) is 5.91 Å². The Morgan fingerprint density at radius 2 is 2.17 bits per heavy atom. The van der Waals surface area contributed by atoms with Gasteiger partial charge in [-0.25, -0.2) is 0 Å². The average Bonchev–Trinajstić information content (AvgIpc) is 2.70. The van der Waals surface area contributed by atoms with Gasteiger partial charge in [0.05, 0.1) is 6.04 Å². The lowest BCUT2D eigenvalue weighted by Crippen LogP contribution is -2.48. The van der Waals surface area contributed by atoms with Crippen LogP contribution < -0.4 is 5.32 Å². The van der Waals surface area contributed by atoms with Gasteiger partial charge in [-0.2, -0.15) is 0 Å². The van der Waals surface area contributed by atoms with Gasteiger partial charge in [-0.15, -0.1) is 0 Å². The third-order valence-electron chi connectivity index (χ3n) is 3.62. The summed E-state index contributed by atoms with van der Waals surface area (Å²) in [6, 6.07) is 5.82. The highest BCUT2D eigenvalue weighted by atomic mass is 79.9. The number of fused-ring (bicyclic) bond motifs is 1. The van der Waals surface area contributed by atoms with Crippen molar-refractivity contribution in [1.82, 2.24) is 10.2 Å². The predicted octanol–water partition coefficient (Wildman–Crippen LogP) is 1.68. The van der Waals surface area contributed by atoms with Gasteiger partial charge in [-0.1, -0.05) is 22.0 Å². The first kappa shape index (κ1) is 11.7. The fourth-order valence-electron chi connectivity index (χ4n) is 2.60. The fourth-order valence-corrected chi connectivity index (χ4v) is 3.09. The largest absolute Gasteiger partial charge is 0.354 e. The first-order valence-electron chi connectivity index (χ1n) is 6.02. The van der Waals surface area contributed by atoms with Crippen LogP contribution in [0.15, 0.2) is 22.7 Å². The molecular weight excluding hydrogens is 296 g/mol. The molecule has 0 bridgehead atoms. The van der Waals surface area contributed by atoms with Crippen molar-refractivity contribution in [3.63, 3.8) is 0 Å². The lowest BCUT2D eigenvalue weighted by Gasteiger charge is -2.31. The lowest BCUT2D eigenvalue weighted by atomic mass is 10.1. The number of hydrogen-bond donors (Lipinski definition) is 1. The zero-order chi connectivity index (χ0) is 12.7. The molecule has 0 spiro atoms. The van der Waals surface area contributed by atoms with Crippen molar-refractivity contribution in [2.45, 2.75) is 25.4 Å². The van der Waals surface area contributed by atoms with Crippen molar-refractivity contribution in [3.05, 3.63) is 33.8 Å². The first-order valence-corrected chi connectivity index (χ1v) is 6.81. The molecule has 1 N–H and O–H groups in total. The van der Waals surface area contributed by atoms with Crippen LogP contribution in [0.4, 0.5) is 0 Å². The molecule has 1 unspecified atom stereocenters. The smallest absolute Gasteiger partial charge is 0.254 e. The summed E-state index contributed by atoms with van der Waals surface area (Å²) in [6.45, 7) is 1.20. The second kappa shape index (κ2) is 4.39. The topological polar surface area (TPSA) is 49.4 Å². The van der Waals surface area contributed by atoms with E-state index >= 15 is 0 Å². The van der Waals surface area contributed by atoms with E-state index in [1.807, 2.05) is 23.1 Å². The van der Waals surface area contributed by atoms with Crippen LogP contribution in [0.5, 0.6) is 0 Å². The van der Waals surface area contributed by atoms with Gasteiger partial charge in [0.25, 0.3) is 5.91 Å². The van der Waals surface area contributed by atoms with E-state index in [4.69, 9.17) is 0 Å². The zero-order valence-electron chi connectivity index (χ0n) is 9.78. The van der Waals surface area contributed by atoms with Crippen LogP contribution in [0, 0.1) is 0 Å². The highest BCUT2D eigenvalue weighted by Gasteiger charge is 2.35. The second-order valence-corrected chi connectivity index (χ2v) is 5.55. The molecular formula is C13H13BrN2O2. The summed E-state index contributed by atoms with van der Waals surface area (Å²) in [5.41, 5.74) is 1.83. The molecule has 0 aliphatic carbocycles. The summed E-state index contributed by atoms with van der Waals surface area (Å²) >= 11 is 3.49. The number of hydrogen-bond acceptors (Lipinski definition) is 2. The SMILES string of the molecule is O=C1CCC(N2Cc3c(Br)cccc3C2=O)CN1. The Morgan fingerprint density at radius 3 is 2.83 bits per heavy atom. The van der Waals surface area contributed by atoms with Crippen LogP contribution in [0.3, 0.4) is 0 Å². The van der Waals surface area contributed by atoms with Crippen LogP contribution in [0.2, 0.25) is 0 Å². The molecule has 4 nitrogen and oxygen atoms in total. The Labute approximate surface area is 113 Å². The standard InChI is InChI=1S/C13H13BrN2O2/c14-11-3-1-2-9-10(11)7-16(13(9)18)8-4-5-12(17)15-6-8/h1-3,8H,4-7H2,(H,15,17). The Kier molecular flexibility index (Phi) is 2.86. The molecule has 1 saturated heterocycles. The minimum atomic E-state index is 0.0763. The number of nitrogens with zero attached hydrogens (tertiary/aromatic N) is 1. The molecule has 1 aromatic carbocycles. The summed E-state index contributed by atoms with van der Waals surface area (Å²) in [6.07, 6.45) is 1.26. The molecule has 1 aromatic rings. The van der Waals surface area contributed by atoms with Crippen molar-refractivity contribution in [2.24, 2.45) is 0 Å². The molecule has 0 radical (unpaired) electrons. The Morgan fingerprint density at radius 1 is 1.33 bits per heavy atom. The van der Waals surface area contributed by atoms with E-state index in [1.165, 1.54) is 0 Å². The molecule has 0 aromatic heterocycles. The number of halogens is 1. The predicted molar refractivity (Wildman–Crippen MR) is 70.0 cm³/mol. The van der Waals surface area contributed by atoms with Gasteiger partial charge >= 0.3 is 0 Å². The van der Waals surface area contributed by atoms with Crippen molar-refractivity contribution >= 4 is 27.7 Å². The molecule has 2 aliphatic heterocycles. The molecule has 2 aliphatic rings. The van der Waals surface area contributed by atoms with Crippen molar-refractivity contribution in [2.75, 3.05) is 6.54 Å². The summed E-state index contributed by atoms with van der Waals surface area (Å²) in [4.78, 5) is 25.3. The van der Waals surface area contributed by atoms with E-state index < -0.39 is 0 Å². The lowest BCUT2D eigenvalue weighted by molar-refractivity contribution is -0.123. The summed E-state index contributed by atoms with van der Waals surface area (Å²) in [7, 11) is 0. The number of carbonyl (C=O) groups excluding carboxylic acids is 2. The Hall–Kier alpha value is -1.36. The van der Waals surface area contributed by atoms with Gasteiger partial charge < -0.3 is 10.2 Å². The van der Waals surface area contributed by atoms with Gasteiger partial charge in [0.1, 0.15) is 0 Å². The number of amides is 2. The van der Waals surface area contributed by atoms with E-state index in [9.17, 15) is 9.59 Å². The molecule has 0 saturated carbocycles. The van der Waals surface area contributed by atoms with E-state index in [0.717, 1.165) is 22.0 Å². The van der Waals surface area contributed by atoms with Gasteiger partial charge in [0, 0.05) is 29.5 Å². The maximum Gasteiger partial charge on any atom is 0.254 e. The normalized spacial score (nSPS) is 22.9. The maximum atomic E-state index is 12.3. The van der Waals surface area contributed by atoms with Crippen LogP contribution >= 0.6 is 15.9 Å². The maximum absolute atomic E-state index is 12.3. The molecule has 2 heterocycles. The third-order valence-corrected chi connectivity index (χ3v) is 4.36. The fraction of sp³-hybridized carbons (Fsp3) is 0.385. The summed E-state index contributed by atoms with van der Waals surface area (Å²) in [5.74, 6) is 0.157.